The van der Waals surface area contributed by atoms with Gasteiger partial charge in [-0.15, -0.1) is 0 Å². The van der Waals surface area contributed by atoms with E-state index >= 15 is 0 Å². The molecule has 0 aromatic heterocycles. The van der Waals surface area contributed by atoms with E-state index in [1.807, 2.05) is 0 Å². The molecule has 1 aromatic carbocycles. The molecule has 1 aliphatic rings. The van der Waals surface area contributed by atoms with E-state index in [1.165, 1.54) is 6.07 Å². The third-order valence-electron chi connectivity index (χ3n) is 3.32. The highest BCUT2D eigenvalue weighted by Crippen LogP contribution is 2.32. The summed E-state index contributed by atoms with van der Waals surface area (Å²) in [5, 5.41) is 19.7. The van der Waals surface area contributed by atoms with Gasteiger partial charge in [-0.2, -0.15) is 18.4 Å². The molecule has 0 spiro atoms. The predicted octanol–water partition coefficient (Wildman–Crippen LogP) is 1.04. The van der Waals surface area contributed by atoms with Crippen LogP contribution in [0.3, 0.4) is 0 Å². The highest BCUT2D eigenvalue weighted by molar-refractivity contribution is 5.64. The van der Waals surface area contributed by atoms with E-state index in [1.54, 1.807) is 11.0 Å². The smallest absolute Gasteiger partial charge is 0.416 e. The number of benzene rings is 1. The summed E-state index contributed by atoms with van der Waals surface area (Å²) in [6.07, 6.45) is -5.78. The zero-order valence-corrected chi connectivity index (χ0v) is 10.9. The molecule has 0 N–H and O–H groups in total. The molecule has 0 saturated carbocycles. The predicted molar refractivity (Wildman–Crippen MR) is 65.3 cm³/mol. The van der Waals surface area contributed by atoms with Gasteiger partial charge in [0.15, 0.2) is 0 Å². The van der Waals surface area contributed by atoms with Crippen molar-refractivity contribution in [2.75, 3.05) is 31.1 Å². The summed E-state index contributed by atoms with van der Waals surface area (Å²) >= 11 is 0. The van der Waals surface area contributed by atoms with Crippen LogP contribution in [0.1, 0.15) is 11.1 Å². The highest BCUT2D eigenvalue weighted by Gasteiger charge is 2.31. The fourth-order valence-electron chi connectivity index (χ4n) is 2.21. The van der Waals surface area contributed by atoms with Gasteiger partial charge < -0.3 is 19.7 Å². The Bertz CT molecular complexity index is 587. The lowest BCUT2D eigenvalue weighted by Gasteiger charge is -2.37. The van der Waals surface area contributed by atoms with Crippen LogP contribution in [-0.2, 0) is 6.18 Å². The van der Waals surface area contributed by atoms with E-state index < -0.39 is 17.8 Å². The van der Waals surface area contributed by atoms with Crippen LogP contribution in [0.15, 0.2) is 18.2 Å². The Labute approximate surface area is 118 Å². The van der Waals surface area contributed by atoms with Gasteiger partial charge in [-0.05, 0) is 18.2 Å². The molecule has 1 amide bonds. The quantitative estimate of drug-likeness (QED) is 0.777. The van der Waals surface area contributed by atoms with Gasteiger partial charge in [-0.3, -0.25) is 0 Å². The number of anilines is 1. The molecule has 1 aliphatic heterocycles. The van der Waals surface area contributed by atoms with Crippen LogP contribution in [-0.4, -0.2) is 37.2 Å². The summed E-state index contributed by atoms with van der Waals surface area (Å²) < 4.78 is 37.8. The molecule has 0 unspecified atom stereocenters. The Morgan fingerprint density at radius 2 is 1.86 bits per heavy atom. The van der Waals surface area contributed by atoms with Crippen LogP contribution >= 0.6 is 0 Å². The molecule has 0 bridgehead atoms. The molecular formula is C13H11F3N3O2-. The van der Waals surface area contributed by atoms with Crippen molar-refractivity contribution in [3.63, 3.8) is 0 Å². The maximum Gasteiger partial charge on any atom is 0.416 e. The van der Waals surface area contributed by atoms with Gasteiger partial charge in [0.25, 0.3) is 0 Å². The molecule has 1 saturated heterocycles. The Balaban J connectivity index is 2.22. The maximum absolute atomic E-state index is 12.6. The van der Waals surface area contributed by atoms with Crippen LogP contribution in [0.2, 0.25) is 0 Å². The van der Waals surface area contributed by atoms with Gasteiger partial charge >= 0.3 is 6.18 Å². The molecule has 0 atom stereocenters. The number of rotatable bonds is 1. The first-order valence-electron chi connectivity index (χ1n) is 6.15. The fourth-order valence-corrected chi connectivity index (χ4v) is 2.21. The van der Waals surface area contributed by atoms with E-state index in [9.17, 15) is 23.1 Å². The summed E-state index contributed by atoms with van der Waals surface area (Å²) in [6.45, 7) is 0.977. The lowest BCUT2D eigenvalue weighted by molar-refractivity contribution is -0.265. The van der Waals surface area contributed by atoms with Gasteiger partial charge in [0.1, 0.15) is 12.2 Å². The number of halogens is 3. The summed E-state index contributed by atoms with van der Waals surface area (Å²) in [6, 6.07) is 4.73. The summed E-state index contributed by atoms with van der Waals surface area (Å²) in [5.41, 5.74) is -0.577. The van der Waals surface area contributed by atoms with Crippen LogP contribution in [0.4, 0.5) is 23.7 Å². The van der Waals surface area contributed by atoms with Crippen LogP contribution < -0.4 is 10.0 Å². The minimum absolute atomic E-state index is 0.0771. The number of carboxylic acid groups (broad SMARTS) is 1. The molecule has 1 aromatic rings. The normalized spacial score (nSPS) is 15.7. The van der Waals surface area contributed by atoms with Crippen molar-refractivity contribution < 1.29 is 23.1 Å². The second kappa shape index (κ2) is 5.52. The molecule has 0 aliphatic carbocycles. The maximum atomic E-state index is 12.6. The SMILES string of the molecule is N#Cc1cc(C(F)(F)F)ccc1N1CCN(C(=O)[O-])CC1. The average molecular weight is 298 g/mol. The van der Waals surface area contributed by atoms with Gasteiger partial charge in [-0.25, -0.2) is 0 Å². The first-order valence-corrected chi connectivity index (χ1v) is 6.15. The zero-order chi connectivity index (χ0) is 15.6. The van der Waals surface area contributed by atoms with Crippen LogP contribution in [0.5, 0.6) is 0 Å². The monoisotopic (exact) mass is 298 g/mol. The van der Waals surface area contributed by atoms with E-state index in [2.05, 4.69) is 0 Å². The third kappa shape index (κ3) is 3.18. The van der Waals surface area contributed by atoms with Crippen molar-refractivity contribution in [1.29, 1.82) is 5.26 Å². The number of nitrogens with zero attached hydrogens (tertiary/aromatic N) is 3. The Morgan fingerprint density at radius 1 is 1.24 bits per heavy atom. The van der Waals surface area contributed by atoms with E-state index in [-0.39, 0.29) is 18.7 Å². The van der Waals surface area contributed by atoms with E-state index in [0.717, 1.165) is 17.0 Å². The number of amides is 1. The van der Waals surface area contributed by atoms with Crippen molar-refractivity contribution in [3.05, 3.63) is 29.3 Å². The number of carbonyl (C=O) groups is 1. The molecule has 0 radical (unpaired) electrons. The van der Waals surface area contributed by atoms with Gasteiger partial charge in [0, 0.05) is 26.2 Å². The second-order valence-corrected chi connectivity index (χ2v) is 4.58. The first-order chi connectivity index (χ1) is 9.82. The molecule has 112 valence electrons. The molecular weight excluding hydrogens is 287 g/mol. The molecule has 1 fully saturated rings. The van der Waals surface area contributed by atoms with Gasteiger partial charge in [0.05, 0.1) is 16.8 Å². The Kier molecular flexibility index (Phi) is 3.93. The largest absolute Gasteiger partial charge is 0.530 e. The zero-order valence-electron chi connectivity index (χ0n) is 10.9. The average Bonchev–Trinajstić information content (AvgIpc) is 2.45. The molecule has 5 nitrogen and oxygen atoms in total. The minimum atomic E-state index is -4.50. The summed E-state index contributed by atoms with van der Waals surface area (Å²) in [5.74, 6) is 0. The van der Waals surface area contributed by atoms with E-state index in [0.29, 0.717) is 18.8 Å². The molecule has 21 heavy (non-hydrogen) atoms. The van der Waals surface area contributed by atoms with E-state index in [4.69, 9.17) is 5.26 Å². The molecule has 8 heteroatoms. The Morgan fingerprint density at radius 3 is 2.33 bits per heavy atom. The fraction of sp³-hybridized carbons (Fsp3) is 0.385. The van der Waals surface area contributed by atoms with Crippen LogP contribution in [0, 0.1) is 11.3 Å². The number of carbonyl (C=O) groups excluding carboxylic acids is 1. The summed E-state index contributed by atoms with van der Waals surface area (Å²) in [7, 11) is 0. The highest BCUT2D eigenvalue weighted by atomic mass is 19.4. The van der Waals surface area contributed by atoms with Crippen molar-refractivity contribution >= 4 is 11.8 Å². The van der Waals surface area contributed by atoms with Gasteiger partial charge in [0.2, 0.25) is 0 Å². The van der Waals surface area contributed by atoms with Gasteiger partial charge in [-0.1, -0.05) is 0 Å². The topological polar surface area (TPSA) is 70.4 Å². The van der Waals surface area contributed by atoms with Crippen molar-refractivity contribution in [3.8, 4) is 6.07 Å². The van der Waals surface area contributed by atoms with Crippen molar-refractivity contribution in [1.82, 2.24) is 4.90 Å². The standard InChI is InChI=1S/C13H12F3N3O2/c14-13(15,16)10-1-2-11(9(7-10)8-17)18-3-5-19(6-4-18)12(20)21/h1-2,7H,3-6H2,(H,20,21)/p-1. The number of nitriles is 1. The number of alkyl halides is 3. The summed E-state index contributed by atoms with van der Waals surface area (Å²) in [4.78, 5) is 13.5. The van der Waals surface area contributed by atoms with Crippen molar-refractivity contribution in [2.45, 2.75) is 6.18 Å². The Hall–Kier alpha value is -2.43. The number of piperazine rings is 1. The second-order valence-electron chi connectivity index (χ2n) is 4.58. The molecule has 1 heterocycles. The minimum Gasteiger partial charge on any atom is -0.530 e. The number of hydrogen-bond acceptors (Lipinski definition) is 4. The van der Waals surface area contributed by atoms with Crippen molar-refractivity contribution in [2.24, 2.45) is 0 Å². The first kappa shape index (κ1) is 15.0. The molecule has 2 rings (SSSR count). The van der Waals surface area contributed by atoms with Crippen LogP contribution in [0.25, 0.3) is 0 Å². The lowest BCUT2D eigenvalue weighted by atomic mass is 10.1. The lowest BCUT2D eigenvalue weighted by Crippen LogP contribution is -2.52. The number of hydrogen-bond donors (Lipinski definition) is 0. The third-order valence-corrected chi connectivity index (χ3v) is 3.32.